The fourth-order valence-corrected chi connectivity index (χ4v) is 3.02. The fourth-order valence-electron chi connectivity index (χ4n) is 3.02. The van der Waals surface area contributed by atoms with Crippen LogP contribution in [0.4, 0.5) is 5.82 Å². The first-order valence-electron chi connectivity index (χ1n) is 8.49. The number of nitrogens with zero attached hydrogens (tertiary/aromatic N) is 3. The molecule has 1 saturated heterocycles. The summed E-state index contributed by atoms with van der Waals surface area (Å²) in [6.45, 7) is 3.67. The quantitative estimate of drug-likeness (QED) is 0.723. The number of ether oxygens (including phenoxy) is 1. The van der Waals surface area contributed by atoms with Gasteiger partial charge in [0.2, 0.25) is 0 Å². The molecular formula is C18H26N6O. The number of piperidine rings is 1. The van der Waals surface area contributed by atoms with Crippen LogP contribution in [0.3, 0.4) is 0 Å². The van der Waals surface area contributed by atoms with Gasteiger partial charge >= 0.3 is 0 Å². The van der Waals surface area contributed by atoms with E-state index >= 15 is 0 Å². The number of nitrogens with two attached hydrogens (primary N) is 2. The van der Waals surface area contributed by atoms with Gasteiger partial charge in [0, 0.05) is 49.9 Å². The lowest BCUT2D eigenvalue weighted by atomic mass is 10.1. The molecule has 5 N–H and O–H groups in total. The van der Waals surface area contributed by atoms with E-state index in [1.807, 2.05) is 25.4 Å². The predicted molar refractivity (Wildman–Crippen MR) is 101 cm³/mol. The molecule has 25 heavy (non-hydrogen) atoms. The first-order valence-corrected chi connectivity index (χ1v) is 8.49. The maximum atomic E-state index is 6.25. The van der Waals surface area contributed by atoms with Crippen LogP contribution < -0.4 is 16.4 Å². The summed E-state index contributed by atoms with van der Waals surface area (Å²) in [4.78, 5) is 5.36. The average molecular weight is 342 g/mol. The van der Waals surface area contributed by atoms with Crippen LogP contribution in [0.5, 0.6) is 0 Å². The van der Waals surface area contributed by atoms with E-state index < -0.39 is 0 Å². The smallest absolute Gasteiger partial charge is 0.151 e. The number of methoxy groups -OCH3 is 1. The van der Waals surface area contributed by atoms with Gasteiger partial charge in [-0.15, -0.1) is 5.10 Å². The third-order valence-corrected chi connectivity index (χ3v) is 4.45. The summed E-state index contributed by atoms with van der Waals surface area (Å²) in [6.07, 6.45) is 9.73. The molecule has 7 nitrogen and oxygen atoms in total. The Bertz CT molecular complexity index is 747. The summed E-state index contributed by atoms with van der Waals surface area (Å²) in [5, 5.41) is 4.74. The molecule has 1 fully saturated rings. The van der Waals surface area contributed by atoms with Crippen LogP contribution in [0.2, 0.25) is 0 Å². The van der Waals surface area contributed by atoms with Gasteiger partial charge in [0.15, 0.2) is 5.82 Å². The van der Waals surface area contributed by atoms with Gasteiger partial charge < -0.3 is 26.1 Å². The van der Waals surface area contributed by atoms with E-state index in [0.29, 0.717) is 17.6 Å². The molecule has 3 heterocycles. The zero-order valence-electron chi connectivity index (χ0n) is 14.8. The van der Waals surface area contributed by atoms with Gasteiger partial charge in [-0.25, -0.2) is 4.68 Å². The molecule has 0 unspecified atom stereocenters. The van der Waals surface area contributed by atoms with Crippen molar-refractivity contribution in [3.05, 3.63) is 42.4 Å². The second-order valence-electron chi connectivity index (χ2n) is 6.32. The van der Waals surface area contributed by atoms with E-state index in [4.69, 9.17) is 21.3 Å². The van der Waals surface area contributed by atoms with Crippen LogP contribution in [-0.2, 0) is 4.74 Å². The Hall–Kier alpha value is -2.67. The zero-order valence-corrected chi connectivity index (χ0v) is 14.8. The van der Waals surface area contributed by atoms with E-state index in [-0.39, 0.29) is 0 Å². The average Bonchev–Trinajstić information content (AvgIpc) is 3.29. The van der Waals surface area contributed by atoms with Crippen molar-refractivity contribution in [2.45, 2.75) is 25.9 Å². The van der Waals surface area contributed by atoms with Gasteiger partial charge in [-0.1, -0.05) is 0 Å². The number of hydrogen-bond acceptors (Lipinski definition) is 5. The zero-order chi connectivity index (χ0) is 17.8. The number of nitrogens with one attached hydrogen (secondary N) is 1. The lowest BCUT2D eigenvalue weighted by Crippen LogP contribution is -2.36. The molecular weight excluding hydrogens is 316 g/mol. The highest BCUT2D eigenvalue weighted by molar-refractivity contribution is 5.68. The molecule has 3 rings (SSSR count). The molecule has 2 aromatic rings. The van der Waals surface area contributed by atoms with Gasteiger partial charge in [-0.3, -0.25) is 0 Å². The first kappa shape index (κ1) is 17.2. The Morgan fingerprint density at radius 2 is 2.08 bits per heavy atom. The Balaban J connectivity index is 1.93. The van der Waals surface area contributed by atoms with Gasteiger partial charge in [-0.05, 0) is 38.0 Å². The van der Waals surface area contributed by atoms with Crippen molar-refractivity contribution in [2.24, 2.45) is 11.5 Å². The number of anilines is 1. The lowest BCUT2D eigenvalue weighted by molar-refractivity contribution is 0.0818. The molecule has 0 spiro atoms. The molecule has 0 bridgehead atoms. The Kier molecular flexibility index (Phi) is 5.14. The fraction of sp³-hybridized carbons (Fsp3) is 0.389. The third-order valence-electron chi connectivity index (χ3n) is 4.45. The second kappa shape index (κ2) is 7.48. The minimum atomic E-state index is 0.338. The molecule has 2 aromatic heterocycles. The number of aromatic nitrogens is 3. The molecule has 0 aromatic carbocycles. The number of allylic oxidation sites excluding steroid dienone is 3. The summed E-state index contributed by atoms with van der Waals surface area (Å²) in [5.74, 6) is 1.45. The first-order chi connectivity index (χ1) is 12.1. The minimum absolute atomic E-state index is 0.338. The van der Waals surface area contributed by atoms with Crippen LogP contribution in [0.1, 0.15) is 19.8 Å². The number of hydrogen-bond donors (Lipinski definition) is 3. The van der Waals surface area contributed by atoms with Gasteiger partial charge in [0.1, 0.15) is 5.82 Å². The summed E-state index contributed by atoms with van der Waals surface area (Å²) in [6, 6.07) is 4.09. The number of aromatic amines is 1. The van der Waals surface area contributed by atoms with E-state index in [9.17, 15) is 0 Å². The number of rotatable bonds is 5. The maximum Gasteiger partial charge on any atom is 0.151 e. The van der Waals surface area contributed by atoms with Gasteiger partial charge in [-0.2, -0.15) is 0 Å². The van der Waals surface area contributed by atoms with Crippen molar-refractivity contribution in [3.63, 3.8) is 0 Å². The summed E-state index contributed by atoms with van der Waals surface area (Å²) in [5.41, 5.74) is 14.6. The van der Waals surface area contributed by atoms with Gasteiger partial charge in [0.05, 0.1) is 11.8 Å². The Labute approximate surface area is 147 Å². The number of H-pyrrole nitrogens is 1. The molecule has 7 heteroatoms. The van der Waals surface area contributed by atoms with E-state index in [1.54, 1.807) is 23.9 Å². The standard InChI is InChI=1S/C18H26N6O/c1-13(19)3-4-17(20)24-16(14-5-8-21-12-14)11-18(22-24)23-9-6-15(25-2)7-10-23/h3-5,8,11-12,15,21H,6-7,9-10,19-20H2,1-2H3/b13-3-,17-4+. The van der Waals surface area contributed by atoms with Gasteiger partial charge in [0.25, 0.3) is 0 Å². The molecule has 0 saturated carbocycles. The van der Waals surface area contributed by atoms with E-state index in [2.05, 4.69) is 16.0 Å². The molecule has 1 aliphatic rings. The van der Waals surface area contributed by atoms with E-state index in [1.165, 1.54) is 0 Å². The molecule has 0 atom stereocenters. The Morgan fingerprint density at radius 3 is 2.68 bits per heavy atom. The van der Waals surface area contributed by atoms with Crippen molar-refractivity contribution in [3.8, 4) is 11.3 Å². The van der Waals surface area contributed by atoms with Crippen LogP contribution in [0.15, 0.2) is 42.4 Å². The third kappa shape index (κ3) is 3.88. The van der Waals surface area contributed by atoms with Crippen LogP contribution in [0.25, 0.3) is 17.1 Å². The molecule has 1 aliphatic heterocycles. The van der Waals surface area contributed by atoms with Crippen molar-refractivity contribution in [1.82, 2.24) is 14.8 Å². The van der Waals surface area contributed by atoms with Crippen molar-refractivity contribution in [2.75, 3.05) is 25.1 Å². The van der Waals surface area contributed by atoms with Crippen molar-refractivity contribution in [1.29, 1.82) is 0 Å². The van der Waals surface area contributed by atoms with Crippen LogP contribution in [0, 0.1) is 0 Å². The molecule has 134 valence electrons. The highest BCUT2D eigenvalue weighted by Gasteiger charge is 2.22. The minimum Gasteiger partial charge on any atom is -0.402 e. The van der Waals surface area contributed by atoms with Crippen molar-refractivity contribution < 1.29 is 4.74 Å². The topological polar surface area (TPSA) is 98.1 Å². The van der Waals surface area contributed by atoms with Crippen LogP contribution in [-0.4, -0.2) is 41.1 Å². The van der Waals surface area contributed by atoms with E-state index in [0.717, 1.165) is 43.0 Å². The highest BCUT2D eigenvalue weighted by atomic mass is 16.5. The largest absolute Gasteiger partial charge is 0.402 e. The Morgan fingerprint density at radius 1 is 1.32 bits per heavy atom. The summed E-state index contributed by atoms with van der Waals surface area (Å²) in [7, 11) is 1.78. The summed E-state index contributed by atoms with van der Waals surface area (Å²) >= 11 is 0. The highest BCUT2D eigenvalue weighted by Crippen LogP contribution is 2.28. The van der Waals surface area contributed by atoms with Crippen molar-refractivity contribution >= 4 is 11.6 Å². The molecule has 0 amide bonds. The second-order valence-corrected chi connectivity index (χ2v) is 6.32. The monoisotopic (exact) mass is 342 g/mol. The lowest BCUT2D eigenvalue weighted by Gasteiger charge is -2.31. The SMILES string of the molecule is COC1CCN(c2cc(-c3cc[nH]c3)n(/C(N)=C/C=C(/C)N)n2)CC1. The normalized spacial score (nSPS) is 17.3. The molecule has 0 aliphatic carbocycles. The van der Waals surface area contributed by atoms with Crippen LogP contribution >= 0.6 is 0 Å². The summed E-state index contributed by atoms with van der Waals surface area (Å²) < 4.78 is 7.22. The maximum absolute atomic E-state index is 6.25. The predicted octanol–water partition coefficient (Wildman–Crippen LogP) is 2.11. The molecule has 0 radical (unpaired) electrons.